The maximum absolute atomic E-state index is 11.4. The first-order valence-electron chi connectivity index (χ1n) is 5.96. The molecule has 1 aliphatic heterocycles. The van der Waals surface area contributed by atoms with Crippen molar-refractivity contribution in [3.63, 3.8) is 0 Å². The van der Waals surface area contributed by atoms with Gasteiger partial charge in [-0.2, -0.15) is 0 Å². The van der Waals surface area contributed by atoms with E-state index >= 15 is 0 Å². The van der Waals surface area contributed by atoms with E-state index < -0.39 is 9.84 Å². The van der Waals surface area contributed by atoms with Crippen LogP contribution in [0.15, 0.2) is 0 Å². The summed E-state index contributed by atoms with van der Waals surface area (Å²) in [6, 6.07) is 0.315. The quantitative estimate of drug-likeness (QED) is 0.563. The van der Waals surface area contributed by atoms with E-state index in [-0.39, 0.29) is 5.92 Å². The molecule has 0 radical (unpaired) electrons. The molecule has 0 aromatic rings. The summed E-state index contributed by atoms with van der Waals surface area (Å²) in [7, 11) is -2.77. The Hall–Kier alpha value is -0.530. The summed E-state index contributed by atoms with van der Waals surface area (Å²) in [6.45, 7) is 2.94. The molecule has 1 N–H and O–H groups in total. The van der Waals surface area contributed by atoms with Gasteiger partial charge in [-0.3, -0.25) is 0 Å². The van der Waals surface area contributed by atoms with Crippen LogP contribution in [0.1, 0.15) is 32.6 Å². The number of unbranched alkanes of at least 4 members (excludes halogenated alkanes) is 1. The van der Waals surface area contributed by atoms with Crippen LogP contribution in [0.3, 0.4) is 0 Å². The van der Waals surface area contributed by atoms with Crippen LogP contribution in [0.4, 0.5) is 0 Å². The van der Waals surface area contributed by atoms with Gasteiger partial charge in [0.05, 0.1) is 11.5 Å². The third-order valence-corrected chi connectivity index (χ3v) is 4.93. The van der Waals surface area contributed by atoms with Crippen LogP contribution in [-0.4, -0.2) is 32.5 Å². The summed E-state index contributed by atoms with van der Waals surface area (Å²) in [5, 5.41) is 3.39. The van der Waals surface area contributed by atoms with E-state index in [0.717, 1.165) is 32.2 Å². The van der Waals surface area contributed by atoms with Gasteiger partial charge in [-0.25, -0.2) is 8.42 Å². The summed E-state index contributed by atoms with van der Waals surface area (Å²) in [5.41, 5.74) is 0. The highest BCUT2D eigenvalue weighted by Crippen LogP contribution is 2.24. The number of nitrogens with one attached hydrogen (secondary N) is 1. The van der Waals surface area contributed by atoms with Gasteiger partial charge in [0.15, 0.2) is 9.84 Å². The minimum atomic E-state index is -2.77. The fourth-order valence-electron chi connectivity index (χ4n) is 2.33. The molecule has 92 valence electrons. The Labute approximate surface area is 98.9 Å². The zero-order valence-corrected chi connectivity index (χ0v) is 10.7. The monoisotopic (exact) mass is 243 g/mol. The Morgan fingerprint density at radius 1 is 1.56 bits per heavy atom. The lowest BCUT2D eigenvalue weighted by atomic mass is 9.94. The second-order valence-electron chi connectivity index (χ2n) is 4.42. The van der Waals surface area contributed by atoms with Gasteiger partial charge in [0.2, 0.25) is 0 Å². The third kappa shape index (κ3) is 4.15. The first-order valence-corrected chi connectivity index (χ1v) is 7.78. The molecule has 1 saturated heterocycles. The molecule has 1 rings (SSSR count). The summed E-state index contributed by atoms with van der Waals surface area (Å²) >= 11 is 0. The lowest BCUT2D eigenvalue weighted by Crippen LogP contribution is -2.36. The fraction of sp³-hybridized carbons (Fsp3) is 0.833. The molecule has 0 aliphatic carbocycles. The second kappa shape index (κ2) is 6.27. The van der Waals surface area contributed by atoms with Crippen LogP contribution in [0.25, 0.3) is 0 Å². The van der Waals surface area contributed by atoms with Crippen molar-refractivity contribution in [2.45, 2.75) is 38.6 Å². The van der Waals surface area contributed by atoms with Gasteiger partial charge in [0, 0.05) is 12.5 Å². The summed E-state index contributed by atoms with van der Waals surface area (Å²) < 4.78 is 22.8. The largest absolute Gasteiger partial charge is 0.314 e. The van der Waals surface area contributed by atoms with Crippen molar-refractivity contribution < 1.29 is 8.42 Å². The molecule has 0 amide bonds. The van der Waals surface area contributed by atoms with Crippen LogP contribution in [0, 0.1) is 18.3 Å². The predicted molar refractivity (Wildman–Crippen MR) is 66.9 cm³/mol. The Bertz CT molecular complexity index is 343. The molecule has 16 heavy (non-hydrogen) atoms. The van der Waals surface area contributed by atoms with E-state index in [2.05, 4.69) is 18.2 Å². The van der Waals surface area contributed by atoms with E-state index in [1.807, 2.05) is 0 Å². The van der Waals surface area contributed by atoms with Gasteiger partial charge >= 0.3 is 0 Å². The van der Waals surface area contributed by atoms with Crippen LogP contribution >= 0.6 is 0 Å². The predicted octanol–water partition coefficient (Wildman–Crippen LogP) is 1.20. The average Bonchev–Trinajstić information content (AvgIpc) is 2.58. The van der Waals surface area contributed by atoms with Gasteiger partial charge in [-0.15, -0.1) is 12.3 Å². The molecule has 1 fully saturated rings. The molecule has 3 nitrogen and oxygen atoms in total. The minimum absolute atomic E-state index is 0.280. The van der Waals surface area contributed by atoms with Crippen LogP contribution in [-0.2, 0) is 9.84 Å². The van der Waals surface area contributed by atoms with Gasteiger partial charge < -0.3 is 5.32 Å². The van der Waals surface area contributed by atoms with Crippen molar-refractivity contribution in [1.29, 1.82) is 0 Å². The number of terminal acetylenes is 1. The van der Waals surface area contributed by atoms with Crippen molar-refractivity contribution in [3.05, 3.63) is 0 Å². The highest BCUT2D eigenvalue weighted by atomic mass is 32.2. The van der Waals surface area contributed by atoms with Crippen LogP contribution < -0.4 is 5.32 Å². The lowest BCUT2D eigenvalue weighted by molar-refractivity contribution is 0.362. The standard InChI is InChI=1S/C12H21NO2S/c1-3-5-6-7-12(13-4-2)11-8-9-16(14,15)10-11/h1,11-13H,4-10H2,2H3. The lowest BCUT2D eigenvalue weighted by Gasteiger charge is -2.23. The number of rotatable bonds is 6. The maximum atomic E-state index is 11.4. The Kier molecular flexibility index (Phi) is 5.30. The van der Waals surface area contributed by atoms with Gasteiger partial charge in [0.25, 0.3) is 0 Å². The average molecular weight is 243 g/mol. The first-order chi connectivity index (χ1) is 7.59. The molecular formula is C12H21NO2S. The number of sulfone groups is 1. The van der Waals surface area contributed by atoms with Crippen LogP contribution in [0.5, 0.6) is 0 Å². The third-order valence-electron chi connectivity index (χ3n) is 3.14. The normalized spacial score (nSPS) is 25.1. The SMILES string of the molecule is C#CCCCC(NCC)C1CCS(=O)(=O)C1. The highest BCUT2D eigenvalue weighted by molar-refractivity contribution is 7.91. The minimum Gasteiger partial charge on any atom is -0.314 e. The van der Waals surface area contributed by atoms with Crippen molar-refractivity contribution in [3.8, 4) is 12.3 Å². The van der Waals surface area contributed by atoms with E-state index in [1.165, 1.54) is 0 Å². The van der Waals surface area contributed by atoms with Crippen molar-refractivity contribution in [2.75, 3.05) is 18.1 Å². The van der Waals surface area contributed by atoms with E-state index in [1.54, 1.807) is 0 Å². The molecule has 2 unspecified atom stereocenters. The number of hydrogen-bond donors (Lipinski definition) is 1. The van der Waals surface area contributed by atoms with E-state index in [4.69, 9.17) is 6.42 Å². The molecule has 0 spiro atoms. The van der Waals surface area contributed by atoms with Gasteiger partial charge in [-0.1, -0.05) is 6.92 Å². The van der Waals surface area contributed by atoms with Crippen molar-refractivity contribution in [2.24, 2.45) is 5.92 Å². The molecule has 4 heteroatoms. The Morgan fingerprint density at radius 3 is 2.81 bits per heavy atom. The Balaban J connectivity index is 2.47. The molecule has 0 saturated carbocycles. The highest BCUT2D eigenvalue weighted by Gasteiger charge is 2.32. The fourth-order valence-corrected chi connectivity index (χ4v) is 4.21. The molecule has 1 aliphatic rings. The molecule has 0 aromatic heterocycles. The molecule has 0 aromatic carbocycles. The summed E-state index contributed by atoms with van der Waals surface area (Å²) in [5.74, 6) is 3.61. The zero-order valence-electron chi connectivity index (χ0n) is 9.91. The van der Waals surface area contributed by atoms with E-state index in [0.29, 0.717) is 17.5 Å². The van der Waals surface area contributed by atoms with E-state index in [9.17, 15) is 8.42 Å². The van der Waals surface area contributed by atoms with Crippen molar-refractivity contribution >= 4 is 9.84 Å². The molecular weight excluding hydrogens is 222 g/mol. The van der Waals surface area contributed by atoms with Crippen LogP contribution in [0.2, 0.25) is 0 Å². The number of hydrogen-bond acceptors (Lipinski definition) is 3. The first kappa shape index (κ1) is 13.5. The summed E-state index contributed by atoms with van der Waals surface area (Å²) in [4.78, 5) is 0. The molecule has 0 bridgehead atoms. The smallest absolute Gasteiger partial charge is 0.150 e. The maximum Gasteiger partial charge on any atom is 0.150 e. The van der Waals surface area contributed by atoms with Gasteiger partial charge in [-0.05, 0) is 31.7 Å². The molecule has 1 heterocycles. The molecule has 2 atom stereocenters. The Morgan fingerprint density at radius 2 is 2.31 bits per heavy atom. The van der Waals surface area contributed by atoms with Gasteiger partial charge in [0.1, 0.15) is 0 Å². The summed E-state index contributed by atoms with van der Waals surface area (Å²) in [6.07, 6.45) is 8.76. The second-order valence-corrected chi connectivity index (χ2v) is 6.65. The van der Waals surface area contributed by atoms with Crippen molar-refractivity contribution in [1.82, 2.24) is 5.32 Å². The zero-order chi connectivity index (χ0) is 12.0. The topological polar surface area (TPSA) is 46.2 Å².